The highest BCUT2D eigenvalue weighted by Crippen LogP contribution is 1.98. The number of nitrogens with two attached hydrogens (primary N) is 2. The number of carbonyl (C=O) groups is 5. The summed E-state index contributed by atoms with van der Waals surface area (Å²) in [7, 11) is 0. The Bertz CT molecular complexity index is 535. The van der Waals surface area contributed by atoms with Gasteiger partial charge in [-0.3, -0.25) is 19.2 Å². The van der Waals surface area contributed by atoms with Gasteiger partial charge in [-0.15, -0.1) is 0 Å². The molecule has 0 aromatic rings. The fraction of sp³-hybridized carbons (Fsp3) is 0.615. The third-order valence-electron chi connectivity index (χ3n) is 2.94. The molecule has 0 rings (SSSR count). The number of aliphatic carboxylic acids is 1. The summed E-state index contributed by atoms with van der Waals surface area (Å²) in [5.74, 6) is -4.90. The summed E-state index contributed by atoms with van der Waals surface area (Å²) >= 11 is 0. The van der Waals surface area contributed by atoms with Gasteiger partial charge in [-0.2, -0.15) is 0 Å². The van der Waals surface area contributed by atoms with E-state index >= 15 is 0 Å². The summed E-state index contributed by atoms with van der Waals surface area (Å²) in [6, 6.07) is -3.95. The van der Waals surface area contributed by atoms with Crippen LogP contribution in [0.3, 0.4) is 0 Å². The zero-order valence-electron chi connectivity index (χ0n) is 13.8. The third-order valence-corrected chi connectivity index (χ3v) is 2.94. The number of rotatable bonds is 10. The Morgan fingerprint density at radius 3 is 2.00 bits per heavy atom. The first-order chi connectivity index (χ1) is 11.5. The molecule has 4 amide bonds. The van der Waals surface area contributed by atoms with E-state index in [4.69, 9.17) is 16.6 Å². The fourth-order valence-electron chi connectivity index (χ4n) is 1.62. The normalized spacial score (nSPS) is 15.2. The summed E-state index contributed by atoms with van der Waals surface area (Å²) in [6.45, 7) is 2.10. The summed E-state index contributed by atoms with van der Waals surface area (Å²) in [4.78, 5) is 56.9. The van der Waals surface area contributed by atoms with Crippen LogP contribution in [-0.4, -0.2) is 70.6 Å². The number of nitrogens with one attached hydrogen (secondary N) is 3. The van der Waals surface area contributed by atoms with Crippen LogP contribution >= 0.6 is 0 Å². The predicted octanol–water partition coefficient (Wildman–Crippen LogP) is -4.24. The van der Waals surface area contributed by atoms with Crippen molar-refractivity contribution in [2.45, 2.75) is 44.5 Å². The first-order valence-electron chi connectivity index (χ1n) is 7.27. The topological polar surface area (TPSA) is 214 Å². The maximum absolute atomic E-state index is 12.1. The van der Waals surface area contributed by atoms with E-state index in [0.717, 1.165) is 0 Å². The van der Waals surface area contributed by atoms with Crippen molar-refractivity contribution in [3.63, 3.8) is 0 Å². The SMILES string of the molecule is CC(N)C(=O)NCC(=O)NC(C(=O)NC(CC(N)=O)C(=O)O)C(C)O. The van der Waals surface area contributed by atoms with Crippen molar-refractivity contribution < 1.29 is 34.2 Å². The fourth-order valence-corrected chi connectivity index (χ4v) is 1.62. The molecule has 0 heterocycles. The number of aliphatic hydroxyl groups excluding tert-OH is 1. The molecule has 0 bridgehead atoms. The number of carbonyl (C=O) groups excluding carboxylic acids is 4. The summed E-state index contributed by atoms with van der Waals surface area (Å²) in [5, 5.41) is 24.9. The minimum atomic E-state index is -1.61. The van der Waals surface area contributed by atoms with Gasteiger partial charge in [-0.05, 0) is 13.8 Å². The molecule has 4 atom stereocenters. The van der Waals surface area contributed by atoms with Gasteiger partial charge in [0.25, 0.3) is 0 Å². The molecular weight excluding hydrogens is 338 g/mol. The third kappa shape index (κ3) is 8.62. The highest BCUT2D eigenvalue weighted by atomic mass is 16.4. The second kappa shape index (κ2) is 10.2. The van der Waals surface area contributed by atoms with Crippen LogP contribution in [0.2, 0.25) is 0 Å². The van der Waals surface area contributed by atoms with Gasteiger partial charge in [0, 0.05) is 0 Å². The number of hydrogen-bond acceptors (Lipinski definition) is 7. The monoisotopic (exact) mass is 361 g/mol. The molecule has 0 saturated heterocycles. The van der Waals surface area contributed by atoms with Crippen molar-refractivity contribution in [3.8, 4) is 0 Å². The van der Waals surface area contributed by atoms with E-state index in [-0.39, 0.29) is 0 Å². The lowest BCUT2D eigenvalue weighted by Gasteiger charge is -2.23. The van der Waals surface area contributed by atoms with Gasteiger partial charge in [0.05, 0.1) is 25.1 Å². The molecular formula is C13H23N5O7. The van der Waals surface area contributed by atoms with Gasteiger partial charge in [0.2, 0.25) is 23.6 Å². The van der Waals surface area contributed by atoms with Gasteiger partial charge in [0.15, 0.2) is 0 Å². The Kier molecular flexibility index (Phi) is 9.09. The average molecular weight is 361 g/mol. The maximum atomic E-state index is 12.1. The number of aliphatic hydroxyl groups is 1. The van der Waals surface area contributed by atoms with Gasteiger partial charge in [0.1, 0.15) is 12.1 Å². The lowest BCUT2D eigenvalue weighted by atomic mass is 10.1. The van der Waals surface area contributed by atoms with Gasteiger partial charge in [-0.25, -0.2) is 4.79 Å². The summed E-state index contributed by atoms with van der Waals surface area (Å²) in [5.41, 5.74) is 10.2. The average Bonchev–Trinajstić information content (AvgIpc) is 2.48. The largest absolute Gasteiger partial charge is 0.480 e. The molecule has 0 aromatic heterocycles. The van der Waals surface area contributed by atoms with Crippen LogP contribution in [0.5, 0.6) is 0 Å². The van der Waals surface area contributed by atoms with Crippen molar-refractivity contribution >= 4 is 29.6 Å². The molecule has 0 fully saturated rings. The van der Waals surface area contributed by atoms with Crippen LogP contribution in [0.1, 0.15) is 20.3 Å². The van der Waals surface area contributed by atoms with E-state index in [0.29, 0.717) is 0 Å². The molecule has 0 saturated carbocycles. The number of hydrogen-bond donors (Lipinski definition) is 7. The van der Waals surface area contributed by atoms with E-state index in [1.165, 1.54) is 13.8 Å². The second-order valence-corrected chi connectivity index (χ2v) is 5.36. The molecule has 0 aliphatic rings. The predicted molar refractivity (Wildman–Crippen MR) is 83.6 cm³/mol. The molecule has 12 heteroatoms. The standard InChI is InChI=1S/C13H23N5O7/c1-5(14)11(22)16-4-9(21)18-10(6(2)19)12(23)17-7(13(24)25)3-8(15)20/h5-7,10,19H,3-4,14H2,1-2H3,(H2,15,20)(H,16,22)(H,17,23)(H,18,21)(H,24,25). The zero-order chi connectivity index (χ0) is 19.7. The van der Waals surface area contributed by atoms with E-state index in [1.54, 1.807) is 0 Å². The summed E-state index contributed by atoms with van der Waals surface area (Å²) < 4.78 is 0. The van der Waals surface area contributed by atoms with Gasteiger partial charge in [-0.1, -0.05) is 0 Å². The van der Waals surface area contributed by atoms with Crippen LogP contribution in [-0.2, 0) is 24.0 Å². The van der Waals surface area contributed by atoms with E-state index in [9.17, 15) is 29.1 Å². The Balaban J connectivity index is 4.83. The van der Waals surface area contributed by atoms with Crippen LogP contribution in [0.25, 0.3) is 0 Å². The Morgan fingerprint density at radius 2 is 1.60 bits per heavy atom. The Hall–Kier alpha value is -2.73. The number of amides is 4. The van der Waals surface area contributed by atoms with Gasteiger partial charge < -0.3 is 37.6 Å². The lowest BCUT2D eigenvalue weighted by molar-refractivity contribution is -0.144. The molecule has 0 aliphatic carbocycles. The minimum absolute atomic E-state index is 0.499. The molecule has 0 radical (unpaired) electrons. The quantitative estimate of drug-likeness (QED) is 0.202. The summed E-state index contributed by atoms with van der Waals surface area (Å²) in [6.07, 6.45) is -2.04. The van der Waals surface area contributed by atoms with Crippen molar-refractivity contribution in [2.75, 3.05) is 6.54 Å². The minimum Gasteiger partial charge on any atom is -0.480 e. The van der Waals surface area contributed by atoms with E-state index in [2.05, 4.69) is 10.6 Å². The van der Waals surface area contributed by atoms with E-state index < -0.39 is 66.8 Å². The van der Waals surface area contributed by atoms with Crippen LogP contribution < -0.4 is 27.4 Å². The highest BCUT2D eigenvalue weighted by molar-refractivity contribution is 5.93. The van der Waals surface area contributed by atoms with Crippen LogP contribution in [0.15, 0.2) is 0 Å². The van der Waals surface area contributed by atoms with Crippen LogP contribution in [0, 0.1) is 0 Å². The van der Waals surface area contributed by atoms with Crippen molar-refractivity contribution in [1.29, 1.82) is 0 Å². The molecule has 4 unspecified atom stereocenters. The molecule has 0 aliphatic heterocycles. The van der Waals surface area contributed by atoms with Crippen LogP contribution in [0.4, 0.5) is 0 Å². The molecule has 0 spiro atoms. The second-order valence-electron chi connectivity index (χ2n) is 5.36. The molecule has 25 heavy (non-hydrogen) atoms. The lowest BCUT2D eigenvalue weighted by Crippen LogP contribution is -2.57. The maximum Gasteiger partial charge on any atom is 0.326 e. The molecule has 142 valence electrons. The first kappa shape index (κ1) is 22.3. The number of carboxylic acid groups (broad SMARTS) is 1. The van der Waals surface area contributed by atoms with E-state index in [1.807, 2.05) is 5.32 Å². The molecule has 9 N–H and O–H groups in total. The van der Waals surface area contributed by atoms with Crippen molar-refractivity contribution in [3.05, 3.63) is 0 Å². The number of primary amides is 1. The van der Waals surface area contributed by atoms with Crippen molar-refractivity contribution in [1.82, 2.24) is 16.0 Å². The first-order valence-corrected chi connectivity index (χ1v) is 7.27. The van der Waals surface area contributed by atoms with Gasteiger partial charge >= 0.3 is 5.97 Å². The van der Waals surface area contributed by atoms with Crippen molar-refractivity contribution in [2.24, 2.45) is 11.5 Å². The Morgan fingerprint density at radius 1 is 1.04 bits per heavy atom. The molecule has 12 nitrogen and oxygen atoms in total. The highest BCUT2D eigenvalue weighted by Gasteiger charge is 2.30. The zero-order valence-corrected chi connectivity index (χ0v) is 13.8. The number of carboxylic acids is 1. The Labute approximate surface area is 143 Å². The molecule has 0 aromatic carbocycles. The smallest absolute Gasteiger partial charge is 0.326 e.